The Labute approximate surface area is 189 Å². The molecular weight excluding hydrogens is 455 g/mol. The topological polar surface area (TPSA) is 87.0 Å². The number of hydrogen-bond acceptors (Lipinski definition) is 6. The Morgan fingerprint density at radius 2 is 1.88 bits per heavy atom. The predicted molar refractivity (Wildman–Crippen MR) is 121 cm³/mol. The SMILES string of the molecule is CCn1ncc2c(-c3ccc(F)c(-c4ccc(S(=O)(=O)CC)cc4OC)c3)c(Cl)nnc21. The van der Waals surface area contributed by atoms with E-state index in [-0.39, 0.29) is 27.1 Å². The van der Waals surface area contributed by atoms with Gasteiger partial charge in [-0.25, -0.2) is 17.5 Å². The molecule has 0 N–H and O–H groups in total. The second-order valence-electron chi connectivity index (χ2n) is 7.02. The molecule has 0 unspecified atom stereocenters. The number of halogens is 2. The van der Waals surface area contributed by atoms with Crippen molar-refractivity contribution < 1.29 is 17.5 Å². The first-order valence-corrected chi connectivity index (χ1v) is 11.9. The molecule has 0 atom stereocenters. The summed E-state index contributed by atoms with van der Waals surface area (Å²) in [6.45, 7) is 4.11. The van der Waals surface area contributed by atoms with Crippen LogP contribution in [0.1, 0.15) is 13.8 Å². The fourth-order valence-electron chi connectivity index (χ4n) is 3.56. The van der Waals surface area contributed by atoms with E-state index in [1.165, 1.54) is 25.3 Å². The van der Waals surface area contributed by atoms with E-state index in [9.17, 15) is 12.8 Å². The molecule has 0 fully saturated rings. The average molecular weight is 475 g/mol. The van der Waals surface area contributed by atoms with E-state index < -0.39 is 15.7 Å². The predicted octanol–water partition coefficient (Wildman–Crippen LogP) is 4.77. The highest BCUT2D eigenvalue weighted by molar-refractivity contribution is 7.91. The van der Waals surface area contributed by atoms with Crippen molar-refractivity contribution >= 4 is 32.5 Å². The minimum atomic E-state index is -3.44. The van der Waals surface area contributed by atoms with Gasteiger partial charge in [0.1, 0.15) is 11.6 Å². The zero-order chi connectivity index (χ0) is 23.0. The second-order valence-corrected chi connectivity index (χ2v) is 9.66. The van der Waals surface area contributed by atoms with Gasteiger partial charge in [0.25, 0.3) is 0 Å². The van der Waals surface area contributed by atoms with Crippen molar-refractivity contribution in [1.29, 1.82) is 0 Å². The number of methoxy groups -OCH3 is 1. The van der Waals surface area contributed by atoms with Crippen molar-refractivity contribution in [3.05, 3.63) is 53.6 Å². The molecule has 0 amide bonds. The number of benzene rings is 2. The zero-order valence-electron chi connectivity index (χ0n) is 17.6. The largest absolute Gasteiger partial charge is 0.496 e. The van der Waals surface area contributed by atoms with E-state index in [4.69, 9.17) is 16.3 Å². The van der Waals surface area contributed by atoms with Crippen molar-refractivity contribution in [2.45, 2.75) is 25.3 Å². The fourth-order valence-corrected chi connectivity index (χ4v) is 4.70. The van der Waals surface area contributed by atoms with E-state index in [0.717, 1.165) is 0 Å². The Morgan fingerprint density at radius 3 is 2.56 bits per heavy atom. The Hall–Kier alpha value is -3.04. The summed E-state index contributed by atoms with van der Waals surface area (Å²) in [6, 6.07) is 8.96. The van der Waals surface area contributed by atoms with Gasteiger partial charge in [0, 0.05) is 23.2 Å². The summed E-state index contributed by atoms with van der Waals surface area (Å²) in [5.74, 6) is -0.288. The van der Waals surface area contributed by atoms with E-state index in [1.54, 1.807) is 36.0 Å². The summed E-state index contributed by atoms with van der Waals surface area (Å²) in [6.07, 6.45) is 1.66. The number of fused-ring (bicyclic) bond motifs is 1. The van der Waals surface area contributed by atoms with Gasteiger partial charge in [0.2, 0.25) is 0 Å². The summed E-state index contributed by atoms with van der Waals surface area (Å²) in [5, 5.41) is 13.3. The molecule has 2 aromatic carbocycles. The molecule has 0 aliphatic rings. The van der Waals surface area contributed by atoms with Gasteiger partial charge in [0.05, 0.1) is 29.3 Å². The molecule has 2 aromatic heterocycles. The molecule has 0 bridgehead atoms. The standard InChI is InChI=1S/C22H20ClFN4O3S/c1-4-28-22-17(12-25-28)20(21(23)26-27-22)13-6-9-18(24)16(10-13)15-8-7-14(11-19(15)31-3)32(29,30)5-2/h6-12H,4-5H2,1-3H3. The molecule has 0 saturated heterocycles. The number of rotatable bonds is 6. The maximum atomic E-state index is 14.9. The molecule has 32 heavy (non-hydrogen) atoms. The summed E-state index contributed by atoms with van der Waals surface area (Å²) in [5.41, 5.74) is 2.43. The Morgan fingerprint density at radius 1 is 1.09 bits per heavy atom. The molecule has 0 aliphatic heterocycles. The maximum absolute atomic E-state index is 14.9. The molecule has 4 rings (SSSR count). The van der Waals surface area contributed by atoms with Gasteiger partial charge in [-0.3, -0.25) is 0 Å². The van der Waals surface area contributed by atoms with Crippen molar-refractivity contribution in [2.75, 3.05) is 12.9 Å². The lowest BCUT2D eigenvalue weighted by atomic mass is 9.97. The van der Waals surface area contributed by atoms with Crippen molar-refractivity contribution in [3.63, 3.8) is 0 Å². The molecule has 7 nitrogen and oxygen atoms in total. The smallest absolute Gasteiger partial charge is 0.181 e. The Bertz CT molecular complexity index is 1440. The number of aryl methyl sites for hydroxylation is 1. The minimum absolute atomic E-state index is 0.0473. The summed E-state index contributed by atoms with van der Waals surface area (Å²) in [4.78, 5) is 0.118. The van der Waals surface area contributed by atoms with E-state index in [1.807, 2.05) is 6.92 Å². The van der Waals surface area contributed by atoms with E-state index >= 15 is 0 Å². The second kappa shape index (κ2) is 8.48. The van der Waals surface area contributed by atoms with Crippen LogP contribution >= 0.6 is 11.6 Å². The van der Waals surface area contributed by atoms with Crippen LogP contribution in [-0.4, -0.2) is 41.3 Å². The number of aromatic nitrogens is 4. The van der Waals surface area contributed by atoms with Crippen molar-refractivity contribution in [2.24, 2.45) is 0 Å². The monoisotopic (exact) mass is 474 g/mol. The normalized spacial score (nSPS) is 11.8. The quantitative estimate of drug-likeness (QED) is 0.400. The molecule has 0 saturated carbocycles. The maximum Gasteiger partial charge on any atom is 0.181 e. The van der Waals surface area contributed by atoms with E-state index in [0.29, 0.717) is 34.3 Å². The zero-order valence-corrected chi connectivity index (χ0v) is 19.2. The molecular formula is C22H20ClFN4O3S. The highest BCUT2D eigenvalue weighted by Crippen LogP contribution is 2.39. The average Bonchev–Trinajstić information content (AvgIpc) is 3.22. The lowest BCUT2D eigenvalue weighted by molar-refractivity contribution is 0.415. The van der Waals surface area contributed by atoms with Crippen LogP contribution in [0.3, 0.4) is 0 Å². The van der Waals surface area contributed by atoms with Crippen LogP contribution in [0.5, 0.6) is 5.75 Å². The first-order chi connectivity index (χ1) is 15.3. The third-order valence-corrected chi connectivity index (χ3v) is 7.27. The lowest BCUT2D eigenvalue weighted by Crippen LogP contribution is -2.04. The van der Waals surface area contributed by atoms with Gasteiger partial charge in [-0.15, -0.1) is 10.2 Å². The third-order valence-electron chi connectivity index (χ3n) is 5.28. The Balaban J connectivity index is 1.92. The highest BCUT2D eigenvalue weighted by Gasteiger charge is 2.20. The molecule has 2 heterocycles. The summed E-state index contributed by atoms with van der Waals surface area (Å²) in [7, 11) is -2.02. The van der Waals surface area contributed by atoms with Crippen LogP contribution in [0.25, 0.3) is 33.3 Å². The van der Waals surface area contributed by atoms with Gasteiger partial charge in [0.15, 0.2) is 20.6 Å². The van der Waals surface area contributed by atoms with Crippen molar-refractivity contribution in [3.8, 4) is 28.0 Å². The molecule has 10 heteroatoms. The molecule has 166 valence electrons. The van der Waals surface area contributed by atoms with Crippen LogP contribution < -0.4 is 4.74 Å². The van der Waals surface area contributed by atoms with Crippen LogP contribution in [-0.2, 0) is 16.4 Å². The van der Waals surface area contributed by atoms with Gasteiger partial charge in [-0.05, 0) is 42.8 Å². The molecule has 0 aliphatic carbocycles. The van der Waals surface area contributed by atoms with Gasteiger partial charge in [-0.1, -0.05) is 24.6 Å². The Kier molecular flexibility index (Phi) is 5.87. The first kappa shape index (κ1) is 22.2. The lowest BCUT2D eigenvalue weighted by Gasteiger charge is -2.13. The minimum Gasteiger partial charge on any atom is -0.496 e. The number of hydrogen-bond donors (Lipinski definition) is 0. The number of sulfone groups is 1. The molecule has 4 aromatic rings. The first-order valence-electron chi connectivity index (χ1n) is 9.89. The van der Waals surface area contributed by atoms with Gasteiger partial charge < -0.3 is 4.74 Å². The van der Waals surface area contributed by atoms with Crippen LogP contribution in [0.4, 0.5) is 4.39 Å². The third kappa shape index (κ3) is 3.71. The van der Waals surface area contributed by atoms with Crippen molar-refractivity contribution in [1.82, 2.24) is 20.0 Å². The number of ether oxygens (including phenoxy) is 1. The van der Waals surface area contributed by atoms with Crippen LogP contribution in [0.15, 0.2) is 47.5 Å². The van der Waals surface area contributed by atoms with Crippen LogP contribution in [0, 0.1) is 5.82 Å². The van der Waals surface area contributed by atoms with Gasteiger partial charge in [-0.2, -0.15) is 5.10 Å². The molecule has 0 spiro atoms. The van der Waals surface area contributed by atoms with Crippen LogP contribution in [0.2, 0.25) is 5.15 Å². The molecule has 0 radical (unpaired) electrons. The number of nitrogens with zero attached hydrogens (tertiary/aromatic N) is 4. The fraction of sp³-hybridized carbons (Fsp3) is 0.227. The highest BCUT2D eigenvalue weighted by atomic mass is 35.5. The van der Waals surface area contributed by atoms with Gasteiger partial charge >= 0.3 is 0 Å². The summed E-state index contributed by atoms with van der Waals surface area (Å²) >= 11 is 6.38. The van der Waals surface area contributed by atoms with E-state index in [2.05, 4.69) is 15.3 Å². The summed E-state index contributed by atoms with van der Waals surface area (Å²) < 4.78 is 46.5.